The Labute approximate surface area is 172 Å². The van der Waals surface area contributed by atoms with Crippen LogP contribution in [0.4, 0.5) is 19.3 Å². The number of nitrogens with one attached hydrogen (secondary N) is 1. The lowest BCUT2D eigenvalue weighted by molar-refractivity contribution is -0.134. The number of halogens is 2. The summed E-state index contributed by atoms with van der Waals surface area (Å²) < 4.78 is 25.4. The molecule has 0 spiro atoms. The zero-order valence-electron chi connectivity index (χ0n) is 16.4. The van der Waals surface area contributed by atoms with E-state index in [0.717, 1.165) is 21.8 Å². The van der Waals surface area contributed by atoms with Crippen molar-refractivity contribution in [1.29, 1.82) is 0 Å². The smallest absolute Gasteiger partial charge is 0.314 e. The maximum Gasteiger partial charge on any atom is 0.322 e. The highest BCUT2D eigenvalue weighted by Crippen LogP contribution is 2.24. The number of pyridine rings is 1. The molecule has 0 fully saturated rings. The van der Waals surface area contributed by atoms with E-state index in [4.69, 9.17) is 0 Å². The summed E-state index contributed by atoms with van der Waals surface area (Å²) in [6.07, 6.45) is -0.797. The number of carbonyl (C=O) groups is 2. The molecule has 2 aromatic rings. The average molecular weight is 413 g/mol. The summed E-state index contributed by atoms with van der Waals surface area (Å²) >= 11 is 0. The Balaban J connectivity index is 1.44. The van der Waals surface area contributed by atoms with E-state index >= 15 is 0 Å². The van der Waals surface area contributed by atoms with Gasteiger partial charge in [-0.05, 0) is 29.3 Å². The molecule has 0 aliphatic carbocycles. The van der Waals surface area contributed by atoms with Crippen molar-refractivity contribution in [3.8, 4) is 0 Å². The molecule has 0 bridgehead atoms. The van der Waals surface area contributed by atoms with Gasteiger partial charge in [-0.2, -0.15) is 5.10 Å². The maximum absolute atomic E-state index is 12.7. The van der Waals surface area contributed by atoms with E-state index in [0.29, 0.717) is 24.5 Å². The van der Waals surface area contributed by atoms with Gasteiger partial charge in [-0.25, -0.2) is 18.6 Å². The Bertz CT molecular complexity index is 968. The highest BCUT2D eigenvalue weighted by Gasteiger charge is 2.29. The van der Waals surface area contributed by atoms with Gasteiger partial charge in [0.2, 0.25) is 5.91 Å². The van der Waals surface area contributed by atoms with Crippen LogP contribution in [0.5, 0.6) is 0 Å². The van der Waals surface area contributed by atoms with Crippen molar-refractivity contribution in [2.75, 3.05) is 11.9 Å². The second kappa shape index (κ2) is 8.17. The Morgan fingerprint density at radius 3 is 2.70 bits per heavy atom. The number of anilines is 1. The van der Waals surface area contributed by atoms with Crippen LogP contribution >= 0.6 is 0 Å². The molecule has 3 heterocycles. The van der Waals surface area contributed by atoms with Crippen molar-refractivity contribution < 1.29 is 18.4 Å². The molecule has 1 atom stereocenters. The quantitative estimate of drug-likeness (QED) is 0.834. The highest BCUT2D eigenvalue weighted by molar-refractivity contribution is 6.06. The molecule has 2 aliphatic rings. The summed E-state index contributed by atoms with van der Waals surface area (Å²) in [7, 11) is 0. The number of nitrogens with zero attached hydrogens (tertiary/aromatic N) is 4. The summed E-state index contributed by atoms with van der Waals surface area (Å²) in [6, 6.07) is 10.6. The molecular weight excluding hydrogens is 392 g/mol. The molecule has 9 heteroatoms. The fourth-order valence-corrected chi connectivity index (χ4v) is 3.63. The zero-order chi connectivity index (χ0) is 21.3. The number of rotatable bonds is 4. The highest BCUT2D eigenvalue weighted by atomic mass is 19.3. The summed E-state index contributed by atoms with van der Waals surface area (Å²) in [5, 5.41) is 7.85. The molecular formula is C21H21F2N5O2. The second-order valence-electron chi connectivity index (χ2n) is 7.43. The Hall–Kier alpha value is -3.36. The topological polar surface area (TPSA) is 77.9 Å². The molecule has 3 amide bonds. The van der Waals surface area contributed by atoms with Crippen LogP contribution in [0.3, 0.4) is 0 Å². The number of alkyl halides is 2. The van der Waals surface area contributed by atoms with E-state index in [1.807, 2.05) is 19.1 Å². The first-order valence-electron chi connectivity index (χ1n) is 9.67. The van der Waals surface area contributed by atoms with Gasteiger partial charge in [0, 0.05) is 30.8 Å². The molecule has 0 radical (unpaired) electrons. The van der Waals surface area contributed by atoms with Crippen LogP contribution in [-0.2, 0) is 17.9 Å². The van der Waals surface area contributed by atoms with Crippen molar-refractivity contribution in [2.45, 2.75) is 32.9 Å². The standard InChI is InChI=1S/C21H21F2N5O2/c1-13-9-19(29)28(12-18(22)23)26-20(13)14-4-6-16(7-5-14)25-21(30)27-10-15-3-2-8-24-17(15)11-27/h2-8,13,18H,9-12H2,1H3,(H,25,30). The van der Waals surface area contributed by atoms with Crippen molar-refractivity contribution in [3.05, 3.63) is 59.4 Å². The van der Waals surface area contributed by atoms with Crippen molar-refractivity contribution in [1.82, 2.24) is 14.9 Å². The molecule has 0 saturated heterocycles. The monoisotopic (exact) mass is 413 g/mol. The lowest BCUT2D eigenvalue weighted by Crippen LogP contribution is -2.38. The Morgan fingerprint density at radius 2 is 2.00 bits per heavy atom. The number of benzene rings is 1. The molecule has 156 valence electrons. The minimum absolute atomic E-state index is 0.133. The van der Waals surface area contributed by atoms with E-state index in [2.05, 4.69) is 15.4 Å². The average Bonchev–Trinajstić information content (AvgIpc) is 3.15. The minimum atomic E-state index is -2.64. The van der Waals surface area contributed by atoms with E-state index < -0.39 is 18.9 Å². The van der Waals surface area contributed by atoms with Crippen molar-refractivity contribution >= 4 is 23.3 Å². The van der Waals surface area contributed by atoms with Gasteiger partial charge in [0.05, 0.1) is 18.0 Å². The second-order valence-corrected chi connectivity index (χ2v) is 7.43. The first kappa shape index (κ1) is 19.9. The molecule has 1 unspecified atom stereocenters. The van der Waals surface area contributed by atoms with Crippen LogP contribution < -0.4 is 5.32 Å². The summed E-state index contributed by atoms with van der Waals surface area (Å²) in [4.78, 5) is 30.4. The molecule has 1 aromatic carbocycles. The SMILES string of the molecule is CC1CC(=O)N(CC(F)F)N=C1c1ccc(NC(=O)N2Cc3cccnc3C2)cc1. The van der Waals surface area contributed by atoms with Gasteiger partial charge in [0.15, 0.2) is 0 Å². The van der Waals surface area contributed by atoms with Crippen LogP contribution in [0.25, 0.3) is 0 Å². The fraction of sp³-hybridized carbons (Fsp3) is 0.333. The number of carbonyl (C=O) groups excluding carboxylic acids is 2. The lowest BCUT2D eigenvalue weighted by Gasteiger charge is -2.27. The molecule has 7 nitrogen and oxygen atoms in total. The van der Waals surface area contributed by atoms with E-state index in [-0.39, 0.29) is 18.4 Å². The Kier molecular flexibility index (Phi) is 5.43. The summed E-state index contributed by atoms with van der Waals surface area (Å²) in [6.45, 7) is 2.10. The van der Waals surface area contributed by atoms with Gasteiger partial charge in [-0.1, -0.05) is 25.1 Å². The maximum atomic E-state index is 12.7. The third kappa shape index (κ3) is 4.14. The third-order valence-corrected chi connectivity index (χ3v) is 5.18. The van der Waals surface area contributed by atoms with Gasteiger partial charge >= 0.3 is 6.03 Å². The minimum Gasteiger partial charge on any atom is -0.314 e. The van der Waals surface area contributed by atoms with Gasteiger partial charge in [0.25, 0.3) is 6.43 Å². The summed E-state index contributed by atoms with van der Waals surface area (Å²) in [5.74, 6) is -0.584. The molecule has 2 aliphatic heterocycles. The normalized spacial score (nSPS) is 18.5. The third-order valence-electron chi connectivity index (χ3n) is 5.18. The number of hydrogen-bond donors (Lipinski definition) is 1. The van der Waals surface area contributed by atoms with E-state index in [1.54, 1.807) is 35.4 Å². The zero-order valence-corrected chi connectivity index (χ0v) is 16.4. The van der Waals surface area contributed by atoms with Crippen LogP contribution in [-0.4, -0.2) is 45.5 Å². The van der Waals surface area contributed by atoms with Crippen LogP contribution in [0.1, 0.15) is 30.2 Å². The first-order chi connectivity index (χ1) is 14.4. The largest absolute Gasteiger partial charge is 0.322 e. The lowest BCUT2D eigenvalue weighted by atomic mass is 9.93. The van der Waals surface area contributed by atoms with E-state index in [9.17, 15) is 18.4 Å². The Morgan fingerprint density at radius 1 is 1.23 bits per heavy atom. The molecule has 1 aromatic heterocycles. The molecule has 1 N–H and O–H groups in total. The predicted molar refractivity (Wildman–Crippen MR) is 107 cm³/mol. The molecule has 4 rings (SSSR count). The number of urea groups is 1. The molecule has 30 heavy (non-hydrogen) atoms. The van der Waals surface area contributed by atoms with Gasteiger partial charge in [-0.3, -0.25) is 9.78 Å². The van der Waals surface area contributed by atoms with Crippen LogP contribution in [0, 0.1) is 5.92 Å². The number of hydrogen-bond acceptors (Lipinski definition) is 4. The van der Waals surface area contributed by atoms with Gasteiger partial charge in [-0.15, -0.1) is 0 Å². The number of amides is 3. The molecule has 0 saturated carbocycles. The van der Waals surface area contributed by atoms with Crippen molar-refractivity contribution in [3.63, 3.8) is 0 Å². The van der Waals surface area contributed by atoms with Crippen LogP contribution in [0.15, 0.2) is 47.7 Å². The van der Waals surface area contributed by atoms with E-state index in [1.165, 1.54) is 0 Å². The van der Waals surface area contributed by atoms with Crippen LogP contribution in [0.2, 0.25) is 0 Å². The number of hydrazone groups is 1. The number of aromatic nitrogens is 1. The predicted octanol–water partition coefficient (Wildman–Crippen LogP) is 3.47. The first-order valence-corrected chi connectivity index (χ1v) is 9.67. The van der Waals surface area contributed by atoms with Gasteiger partial charge < -0.3 is 10.2 Å². The fourth-order valence-electron chi connectivity index (χ4n) is 3.63. The summed E-state index contributed by atoms with van der Waals surface area (Å²) in [5.41, 5.74) is 3.85. The number of fused-ring (bicyclic) bond motifs is 1. The van der Waals surface area contributed by atoms with Gasteiger partial charge in [0.1, 0.15) is 6.54 Å². The van der Waals surface area contributed by atoms with Crippen molar-refractivity contribution in [2.24, 2.45) is 11.0 Å².